The Bertz CT molecular complexity index is 1050. The Balaban J connectivity index is 2.09. The Hall–Kier alpha value is -2.84. The molecule has 14 nitrogen and oxygen atoms in total. The number of nitrogens with one attached hydrogen (secondary N) is 4. The van der Waals surface area contributed by atoms with Crippen molar-refractivity contribution >= 4 is 76.3 Å². The van der Waals surface area contributed by atoms with Gasteiger partial charge in [0.15, 0.2) is 0 Å². The first kappa shape index (κ1) is 36.4. The van der Waals surface area contributed by atoms with Crippen LogP contribution in [0.15, 0.2) is 0 Å². The van der Waals surface area contributed by atoms with Gasteiger partial charge < -0.3 is 36.0 Å². The predicted octanol–water partition coefficient (Wildman–Crippen LogP) is 1.19. The van der Waals surface area contributed by atoms with Crippen LogP contribution in [0.2, 0.25) is 0 Å². The standard InChI is InChI=1S/C26H38Cl3N5O9/c1-2-7-16(21(38)23(40)31-12-18(35)30-13-19(36)37)32-22(39)17-10-6-11-34(17)24(41)20(15-8-4-3-5-9-15)33-25(42)43-14-26(27,28)29/h15-17,20H,2-14H2,1H3,(H,30,35)(H,31,40)(H,32,39)(H,33,42)(H,36,37)/t16?,17-,20-/m0/s1. The number of aliphatic carboxylic acids is 1. The van der Waals surface area contributed by atoms with Crippen LogP contribution in [0.1, 0.15) is 64.7 Å². The zero-order valence-electron chi connectivity index (χ0n) is 23.8. The van der Waals surface area contributed by atoms with Crippen molar-refractivity contribution in [2.45, 2.75) is 86.6 Å². The van der Waals surface area contributed by atoms with Crippen LogP contribution in [-0.4, -0.2) is 99.6 Å². The summed E-state index contributed by atoms with van der Waals surface area (Å²) in [5.74, 6) is -5.51. The summed E-state index contributed by atoms with van der Waals surface area (Å²) in [7, 11) is 0. The van der Waals surface area contributed by atoms with E-state index in [4.69, 9.17) is 44.6 Å². The minimum atomic E-state index is -1.84. The molecule has 5 N–H and O–H groups in total. The van der Waals surface area contributed by atoms with Crippen molar-refractivity contribution in [3.63, 3.8) is 0 Å². The summed E-state index contributed by atoms with van der Waals surface area (Å²) in [6, 6.07) is -3.15. The number of rotatable bonds is 14. The largest absolute Gasteiger partial charge is 0.480 e. The fraction of sp³-hybridized carbons (Fsp3) is 0.731. The molecule has 1 aliphatic carbocycles. The maximum atomic E-state index is 13.8. The van der Waals surface area contributed by atoms with E-state index in [1.54, 1.807) is 6.92 Å². The third kappa shape index (κ3) is 12.4. The number of carboxylic acids is 1. The molecular weight excluding hydrogens is 633 g/mol. The van der Waals surface area contributed by atoms with Crippen LogP contribution in [0.4, 0.5) is 4.79 Å². The monoisotopic (exact) mass is 669 g/mol. The molecule has 1 saturated heterocycles. The van der Waals surface area contributed by atoms with Crippen LogP contribution in [0.5, 0.6) is 0 Å². The number of alkyl carbamates (subject to hydrolysis) is 1. The van der Waals surface area contributed by atoms with Gasteiger partial charge in [0.25, 0.3) is 5.91 Å². The Morgan fingerprint density at radius 3 is 2.21 bits per heavy atom. The highest BCUT2D eigenvalue weighted by Gasteiger charge is 2.42. The van der Waals surface area contributed by atoms with Gasteiger partial charge in [-0.15, -0.1) is 0 Å². The average molecular weight is 671 g/mol. The second kappa shape index (κ2) is 17.5. The molecule has 1 unspecified atom stereocenters. The number of ketones is 1. The number of halogens is 3. The van der Waals surface area contributed by atoms with Gasteiger partial charge in [0.2, 0.25) is 27.3 Å². The van der Waals surface area contributed by atoms with E-state index in [0.717, 1.165) is 19.3 Å². The fourth-order valence-corrected chi connectivity index (χ4v) is 5.28. The molecule has 1 heterocycles. The molecule has 17 heteroatoms. The van der Waals surface area contributed by atoms with Gasteiger partial charge in [0, 0.05) is 6.54 Å². The first-order valence-corrected chi connectivity index (χ1v) is 15.3. The van der Waals surface area contributed by atoms with Crippen molar-refractivity contribution in [3.05, 3.63) is 0 Å². The molecular formula is C26H38Cl3N5O9. The van der Waals surface area contributed by atoms with Crippen molar-refractivity contribution in [2.24, 2.45) is 5.92 Å². The molecule has 5 amide bonds. The number of alkyl halides is 3. The molecule has 0 spiro atoms. The quantitative estimate of drug-likeness (QED) is 0.133. The number of ether oxygens (including phenoxy) is 1. The smallest absolute Gasteiger partial charge is 0.407 e. The lowest BCUT2D eigenvalue weighted by atomic mass is 9.83. The third-order valence-electron chi connectivity index (χ3n) is 7.15. The van der Waals surface area contributed by atoms with Gasteiger partial charge in [-0.3, -0.25) is 28.8 Å². The first-order valence-electron chi connectivity index (χ1n) is 14.1. The molecule has 2 rings (SSSR count). The maximum absolute atomic E-state index is 13.8. The number of carbonyl (C=O) groups is 7. The van der Waals surface area contributed by atoms with Crippen LogP contribution < -0.4 is 21.3 Å². The summed E-state index contributed by atoms with van der Waals surface area (Å²) in [5.41, 5.74) is 0. The van der Waals surface area contributed by atoms with Crippen molar-refractivity contribution in [2.75, 3.05) is 26.2 Å². The van der Waals surface area contributed by atoms with Gasteiger partial charge in [-0.1, -0.05) is 67.4 Å². The summed E-state index contributed by atoms with van der Waals surface area (Å²) in [6.45, 7) is 0.175. The van der Waals surface area contributed by atoms with Crippen LogP contribution in [0, 0.1) is 5.92 Å². The molecule has 0 bridgehead atoms. The van der Waals surface area contributed by atoms with E-state index in [2.05, 4.69) is 21.3 Å². The van der Waals surface area contributed by atoms with Crippen molar-refractivity contribution in [1.29, 1.82) is 0 Å². The molecule has 0 aromatic rings. The van der Waals surface area contributed by atoms with E-state index < -0.39 is 83.1 Å². The highest BCUT2D eigenvalue weighted by atomic mass is 35.6. The second-order valence-corrected chi connectivity index (χ2v) is 13.0. The summed E-state index contributed by atoms with van der Waals surface area (Å²) in [6.07, 6.45) is 4.51. The number of nitrogens with zero attached hydrogens (tertiary/aromatic N) is 1. The van der Waals surface area contributed by atoms with Crippen LogP contribution in [0.3, 0.4) is 0 Å². The highest BCUT2D eigenvalue weighted by Crippen LogP contribution is 2.30. The Morgan fingerprint density at radius 2 is 1.60 bits per heavy atom. The van der Waals surface area contributed by atoms with Gasteiger partial charge in [-0.05, 0) is 38.0 Å². The highest BCUT2D eigenvalue weighted by molar-refractivity contribution is 6.67. The number of carbonyl (C=O) groups excluding carboxylic acids is 6. The maximum Gasteiger partial charge on any atom is 0.407 e. The lowest BCUT2D eigenvalue weighted by Gasteiger charge is -2.34. The lowest BCUT2D eigenvalue weighted by molar-refractivity contribution is -0.143. The van der Waals surface area contributed by atoms with E-state index in [-0.39, 0.29) is 18.9 Å². The lowest BCUT2D eigenvalue weighted by Crippen LogP contribution is -2.58. The zero-order valence-corrected chi connectivity index (χ0v) is 26.1. The zero-order chi connectivity index (χ0) is 32.2. The van der Waals surface area contributed by atoms with Crippen molar-refractivity contribution < 1.29 is 43.4 Å². The molecule has 1 aliphatic heterocycles. The summed E-state index contributed by atoms with van der Waals surface area (Å²) < 4.78 is 3.14. The van der Waals surface area contributed by atoms with E-state index >= 15 is 0 Å². The topological polar surface area (TPSA) is 200 Å². The molecule has 3 atom stereocenters. The Morgan fingerprint density at radius 1 is 0.930 bits per heavy atom. The number of hydrogen-bond donors (Lipinski definition) is 5. The number of likely N-dealkylation sites (tertiary alicyclic amines) is 1. The third-order valence-corrected chi connectivity index (χ3v) is 7.47. The molecule has 0 radical (unpaired) electrons. The Labute approximate surface area is 264 Å². The van der Waals surface area contributed by atoms with Gasteiger partial charge in [-0.25, -0.2) is 4.79 Å². The molecule has 2 aliphatic rings. The number of carboxylic acid groups (broad SMARTS) is 1. The van der Waals surface area contributed by atoms with Crippen molar-refractivity contribution in [1.82, 2.24) is 26.2 Å². The van der Waals surface area contributed by atoms with Crippen molar-refractivity contribution in [3.8, 4) is 0 Å². The van der Waals surface area contributed by atoms with Crippen LogP contribution in [0.25, 0.3) is 0 Å². The average Bonchev–Trinajstić information content (AvgIpc) is 3.46. The number of amides is 5. The summed E-state index contributed by atoms with van der Waals surface area (Å²) >= 11 is 17.0. The molecule has 0 aromatic carbocycles. The minimum absolute atomic E-state index is 0.116. The number of hydrogen-bond acceptors (Lipinski definition) is 8. The molecule has 1 saturated carbocycles. The molecule has 242 valence electrons. The van der Waals surface area contributed by atoms with E-state index in [9.17, 15) is 33.6 Å². The summed E-state index contributed by atoms with van der Waals surface area (Å²) in [4.78, 5) is 88.5. The van der Waals surface area contributed by atoms with Gasteiger partial charge in [-0.2, -0.15) is 0 Å². The predicted molar refractivity (Wildman–Crippen MR) is 155 cm³/mol. The Kier molecular flexibility index (Phi) is 14.8. The van der Waals surface area contributed by atoms with E-state index in [0.29, 0.717) is 32.1 Å². The first-order chi connectivity index (χ1) is 20.2. The minimum Gasteiger partial charge on any atom is -0.480 e. The van der Waals surface area contributed by atoms with Gasteiger partial charge >= 0.3 is 12.1 Å². The summed E-state index contributed by atoms with van der Waals surface area (Å²) in [5, 5.41) is 17.9. The SMILES string of the molecule is CCCC(NC(=O)[C@@H]1CCCN1C(=O)[C@@H](NC(=O)OCC(Cl)(Cl)Cl)C1CCCCC1)C(=O)C(=O)NCC(=O)NCC(=O)O. The van der Waals surface area contributed by atoms with Crippen LogP contribution in [-0.2, 0) is 33.5 Å². The molecule has 43 heavy (non-hydrogen) atoms. The molecule has 2 fully saturated rings. The van der Waals surface area contributed by atoms with E-state index in [1.807, 2.05) is 0 Å². The van der Waals surface area contributed by atoms with Crippen LogP contribution >= 0.6 is 34.8 Å². The van der Waals surface area contributed by atoms with Gasteiger partial charge in [0.1, 0.15) is 25.2 Å². The second-order valence-electron chi connectivity index (χ2n) is 10.5. The van der Waals surface area contributed by atoms with E-state index in [1.165, 1.54) is 4.90 Å². The normalized spacial score (nSPS) is 18.6. The van der Waals surface area contributed by atoms with Gasteiger partial charge in [0.05, 0.1) is 12.6 Å². The number of Topliss-reactive ketones (excluding diaryl/α,β-unsaturated/α-hetero) is 1. The molecule has 0 aromatic heterocycles. The fourth-order valence-electron chi connectivity index (χ4n) is 5.11.